The van der Waals surface area contributed by atoms with E-state index in [0.717, 1.165) is 5.56 Å². The van der Waals surface area contributed by atoms with Gasteiger partial charge in [-0.05, 0) is 26.3 Å². The molecule has 2 heterocycles. The summed E-state index contributed by atoms with van der Waals surface area (Å²) in [5.74, 6) is -0.0756. The fraction of sp³-hybridized carbons (Fsp3) is 0.533. The van der Waals surface area contributed by atoms with Gasteiger partial charge < -0.3 is 20.7 Å². The summed E-state index contributed by atoms with van der Waals surface area (Å²) in [5.41, 5.74) is 6.08. The lowest BCUT2D eigenvalue weighted by atomic mass is 10.1. The van der Waals surface area contributed by atoms with Crippen molar-refractivity contribution in [1.29, 1.82) is 0 Å². The van der Waals surface area contributed by atoms with Gasteiger partial charge in [-0.1, -0.05) is 6.07 Å². The molecule has 0 radical (unpaired) electrons. The topological polar surface area (TPSA) is 97.6 Å². The largest absolute Gasteiger partial charge is 0.475 e. The highest BCUT2D eigenvalue weighted by Gasteiger charge is 2.29. The lowest BCUT2D eigenvalue weighted by Gasteiger charge is -2.18. The van der Waals surface area contributed by atoms with Gasteiger partial charge in [-0.15, -0.1) is 0 Å². The van der Waals surface area contributed by atoms with Crippen molar-refractivity contribution in [3.8, 4) is 5.88 Å². The summed E-state index contributed by atoms with van der Waals surface area (Å²) in [6.07, 6.45) is 2.29. The van der Waals surface area contributed by atoms with Crippen molar-refractivity contribution in [3.05, 3.63) is 23.9 Å². The Kier molecular flexibility index (Phi) is 5.19. The van der Waals surface area contributed by atoms with Crippen LogP contribution in [0.25, 0.3) is 0 Å². The molecule has 1 aromatic rings. The van der Waals surface area contributed by atoms with Crippen molar-refractivity contribution in [2.24, 2.45) is 11.7 Å². The van der Waals surface area contributed by atoms with Crippen molar-refractivity contribution in [1.82, 2.24) is 15.2 Å². The van der Waals surface area contributed by atoms with E-state index in [9.17, 15) is 9.59 Å². The van der Waals surface area contributed by atoms with Gasteiger partial charge in [-0.2, -0.15) is 0 Å². The fourth-order valence-corrected chi connectivity index (χ4v) is 2.35. The predicted octanol–water partition coefficient (Wildman–Crippen LogP) is 0.886. The highest BCUT2D eigenvalue weighted by Crippen LogP contribution is 2.17. The SMILES string of the molecule is CC(C)Oc1ncccc1CNC(=O)N1CC[C@@H](C(N)=O)C1. The van der Waals surface area contributed by atoms with Crippen LogP contribution in [0.5, 0.6) is 5.88 Å². The highest BCUT2D eigenvalue weighted by atomic mass is 16.5. The molecule has 3 amide bonds. The average Bonchev–Trinajstić information content (AvgIpc) is 2.95. The number of nitrogens with one attached hydrogen (secondary N) is 1. The van der Waals surface area contributed by atoms with E-state index in [1.54, 1.807) is 17.2 Å². The molecule has 0 saturated carbocycles. The van der Waals surface area contributed by atoms with Crippen molar-refractivity contribution in [2.75, 3.05) is 13.1 Å². The Balaban J connectivity index is 1.90. The number of amides is 3. The fourth-order valence-electron chi connectivity index (χ4n) is 2.35. The van der Waals surface area contributed by atoms with Crippen LogP contribution in [0.3, 0.4) is 0 Å². The number of aromatic nitrogens is 1. The summed E-state index contributed by atoms with van der Waals surface area (Å²) in [6, 6.07) is 3.46. The molecule has 1 saturated heterocycles. The third-order valence-corrected chi connectivity index (χ3v) is 3.51. The van der Waals surface area contributed by atoms with Gasteiger partial charge in [0.15, 0.2) is 0 Å². The molecule has 1 aliphatic rings. The second kappa shape index (κ2) is 7.11. The maximum absolute atomic E-state index is 12.1. The standard InChI is InChI=1S/C15H22N4O3/c1-10(2)22-14-11(4-3-6-17-14)8-18-15(21)19-7-5-12(9-19)13(16)20/h3-4,6,10,12H,5,7-9H2,1-2H3,(H2,16,20)(H,18,21)/t12-/m1/s1. The van der Waals surface area contributed by atoms with Gasteiger partial charge in [-0.3, -0.25) is 4.79 Å². The zero-order valence-corrected chi connectivity index (χ0v) is 12.9. The van der Waals surface area contributed by atoms with Gasteiger partial charge >= 0.3 is 6.03 Å². The van der Waals surface area contributed by atoms with Gasteiger partial charge in [0.25, 0.3) is 0 Å². The summed E-state index contributed by atoms with van der Waals surface area (Å²) in [5, 5.41) is 2.83. The van der Waals surface area contributed by atoms with Gasteiger partial charge in [-0.25, -0.2) is 9.78 Å². The van der Waals surface area contributed by atoms with Crippen LogP contribution < -0.4 is 15.8 Å². The molecular weight excluding hydrogens is 284 g/mol. The number of nitrogens with two attached hydrogens (primary N) is 1. The number of nitrogens with zero attached hydrogens (tertiary/aromatic N) is 2. The molecule has 3 N–H and O–H groups in total. The molecule has 0 unspecified atom stereocenters. The Hall–Kier alpha value is -2.31. The second-order valence-electron chi connectivity index (χ2n) is 5.63. The smallest absolute Gasteiger partial charge is 0.317 e. The van der Waals surface area contributed by atoms with Crippen LogP contribution in [-0.4, -0.2) is 41.0 Å². The molecule has 1 atom stereocenters. The Bertz CT molecular complexity index is 547. The van der Waals surface area contributed by atoms with Crippen LogP contribution in [0.15, 0.2) is 18.3 Å². The number of hydrogen-bond donors (Lipinski definition) is 2. The first-order valence-electron chi connectivity index (χ1n) is 7.40. The number of primary amides is 1. The number of rotatable bonds is 5. The number of likely N-dealkylation sites (tertiary alicyclic amines) is 1. The van der Waals surface area contributed by atoms with Crippen molar-refractivity contribution in [3.63, 3.8) is 0 Å². The zero-order chi connectivity index (χ0) is 16.1. The van der Waals surface area contributed by atoms with E-state index in [0.29, 0.717) is 31.9 Å². The number of urea groups is 1. The van der Waals surface area contributed by atoms with E-state index in [1.807, 2.05) is 19.9 Å². The van der Waals surface area contributed by atoms with E-state index in [2.05, 4.69) is 10.3 Å². The summed E-state index contributed by atoms with van der Waals surface area (Å²) in [4.78, 5) is 29.0. The second-order valence-corrected chi connectivity index (χ2v) is 5.63. The first-order valence-corrected chi connectivity index (χ1v) is 7.40. The third kappa shape index (κ3) is 4.09. The monoisotopic (exact) mass is 306 g/mol. The molecule has 7 heteroatoms. The van der Waals surface area contributed by atoms with Crippen LogP contribution in [0.1, 0.15) is 25.8 Å². The Morgan fingerprint density at radius 3 is 2.95 bits per heavy atom. The van der Waals surface area contributed by atoms with Crippen molar-refractivity contribution < 1.29 is 14.3 Å². The minimum atomic E-state index is -0.352. The number of pyridine rings is 1. The molecule has 2 rings (SSSR count). The van der Waals surface area contributed by atoms with Gasteiger partial charge in [0, 0.05) is 31.4 Å². The summed E-state index contributed by atoms with van der Waals surface area (Å²) >= 11 is 0. The number of ether oxygens (including phenoxy) is 1. The Labute approximate surface area is 129 Å². The molecular formula is C15H22N4O3. The molecule has 1 aliphatic heterocycles. The lowest BCUT2D eigenvalue weighted by Crippen LogP contribution is -2.39. The maximum Gasteiger partial charge on any atom is 0.317 e. The number of hydrogen-bond acceptors (Lipinski definition) is 4. The van der Waals surface area contributed by atoms with Crippen LogP contribution in [0, 0.1) is 5.92 Å². The third-order valence-electron chi connectivity index (χ3n) is 3.51. The first-order chi connectivity index (χ1) is 10.5. The van der Waals surface area contributed by atoms with E-state index in [1.165, 1.54) is 0 Å². The molecule has 22 heavy (non-hydrogen) atoms. The molecule has 7 nitrogen and oxygen atoms in total. The molecule has 0 spiro atoms. The van der Waals surface area contributed by atoms with Crippen LogP contribution >= 0.6 is 0 Å². The molecule has 0 aliphatic carbocycles. The quantitative estimate of drug-likeness (QED) is 0.844. The minimum absolute atomic E-state index is 0.0132. The van der Waals surface area contributed by atoms with E-state index < -0.39 is 0 Å². The number of carbonyl (C=O) groups is 2. The summed E-state index contributed by atoms with van der Waals surface area (Å²) in [7, 11) is 0. The molecule has 0 aromatic carbocycles. The predicted molar refractivity (Wildman–Crippen MR) is 81.1 cm³/mol. The molecule has 120 valence electrons. The first kappa shape index (κ1) is 16.1. The van der Waals surface area contributed by atoms with Crippen molar-refractivity contribution in [2.45, 2.75) is 32.9 Å². The van der Waals surface area contributed by atoms with E-state index >= 15 is 0 Å². The Morgan fingerprint density at radius 2 is 2.32 bits per heavy atom. The van der Waals surface area contributed by atoms with Crippen LogP contribution in [0.2, 0.25) is 0 Å². The average molecular weight is 306 g/mol. The number of carbonyl (C=O) groups excluding carboxylic acids is 2. The maximum atomic E-state index is 12.1. The summed E-state index contributed by atoms with van der Waals surface area (Å²) in [6.45, 7) is 5.09. The van der Waals surface area contributed by atoms with E-state index in [-0.39, 0.29) is 24.0 Å². The normalized spacial score (nSPS) is 17.6. The van der Waals surface area contributed by atoms with Crippen LogP contribution in [0.4, 0.5) is 4.79 Å². The Morgan fingerprint density at radius 1 is 1.55 bits per heavy atom. The van der Waals surface area contributed by atoms with Gasteiger partial charge in [0.05, 0.1) is 12.0 Å². The molecule has 0 bridgehead atoms. The highest BCUT2D eigenvalue weighted by molar-refractivity contribution is 5.80. The van der Waals surface area contributed by atoms with Crippen molar-refractivity contribution >= 4 is 11.9 Å². The van der Waals surface area contributed by atoms with Crippen LogP contribution in [-0.2, 0) is 11.3 Å². The van der Waals surface area contributed by atoms with Gasteiger partial charge in [0.2, 0.25) is 11.8 Å². The molecule has 1 aromatic heterocycles. The van der Waals surface area contributed by atoms with E-state index in [4.69, 9.17) is 10.5 Å². The zero-order valence-electron chi connectivity index (χ0n) is 12.9. The molecule has 1 fully saturated rings. The lowest BCUT2D eigenvalue weighted by molar-refractivity contribution is -0.121. The summed E-state index contributed by atoms with van der Waals surface area (Å²) < 4.78 is 5.61. The van der Waals surface area contributed by atoms with Gasteiger partial charge in [0.1, 0.15) is 0 Å². The minimum Gasteiger partial charge on any atom is -0.475 e.